The van der Waals surface area contributed by atoms with Crippen LogP contribution < -0.4 is 5.32 Å². The summed E-state index contributed by atoms with van der Waals surface area (Å²) in [5, 5.41) is 2.96. The lowest BCUT2D eigenvalue weighted by molar-refractivity contribution is -0.135. The number of likely N-dealkylation sites (tertiary alicyclic amines) is 1. The highest BCUT2D eigenvalue weighted by Crippen LogP contribution is 2.41. The van der Waals surface area contributed by atoms with Crippen LogP contribution in [0.1, 0.15) is 31.7 Å². The second kappa shape index (κ2) is 6.11. The maximum Gasteiger partial charge on any atom is 0.228 e. The minimum absolute atomic E-state index is 0.0157. The summed E-state index contributed by atoms with van der Waals surface area (Å²) in [6.07, 6.45) is 2.86. The van der Waals surface area contributed by atoms with Crippen LogP contribution in [0.2, 0.25) is 0 Å². The van der Waals surface area contributed by atoms with Gasteiger partial charge in [-0.05, 0) is 43.7 Å². The average molecular weight is 300 g/mol. The van der Waals surface area contributed by atoms with E-state index >= 15 is 0 Å². The van der Waals surface area contributed by atoms with Gasteiger partial charge in [0.05, 0.1) is 11.8 Å². The molecule has 1 N–H and O–H groups in total. The summed E-state index contributed by atoms with van der Waals surface area (Å²) in [6, 6.07) is 7.73. The molecule has 22 heavy (non-hydrogen) atoms. The summed E-state index contributed by atoms with van der Waals surface area (Å²) in [4.78, 5) is 26.7. The fourth-order valence-electron chi connectivity index (χ4n) is 3.16. The lowest BCUT2D eigenvalue weighted by Gasteiger charge is -2.30. The number of anilines is 1. The largest absolute Gasteiger partial charge is 0.342 e. The monoisotopic (exact) mass is 300 g/mol. The number of piperidine rings is 1. The Morgan fingerprint density at radius 1 is 1.14 bits per heavy atom. The van der Waals surface area contributed by atoms with Gasteiger partial charge in [0, 0.05) is 18.8 Å². The number of hydrogen-bond donors (Lipinski definition) is 1. The van der Waals surface area contributed by atoms with Crippen LogP contribution in [0, 0.1) is 24.7 Å². The van der Waals surface area contributed by atoms with Gasteiger partial charge in [0.2, 0.25) is 11.8 Å². The van der Waals surface area contributed by atoms with E-state index in [9.17, 15) is 9.59 Å². The van der Waals surface area contributed by atoms with E-state index in [1.165, 1.54) is 0 Å². The molecular formula is C18H24N2O2. The number of hydrogen-bond acceptors (Lipinski definition) is 2. The molecule has 1 heterocycles. The first-order valence-electron chi connectivity index (χ1n) is 8.21. The van der Waals surface area contributed by atoms with Crippen molar-refractivity contribution in [1.82, 2.24) is 4.90 Å². The van der Waals surface area contributed by atoms with Crippen LogP contribution >= 0.6 is 0 Å². The average Bonchev–Trinajstić information content (AvgIpc) is 3.30. The van der Waals surface area contributed by atoms with Crippen LogP contribution in [0.5, 0.6) is 0 Å². The van der Waals surface area contributed by atoms with Gasteiger partial charge in [-0.25, -0.2) is 0 Å². The Hall–Kier alpha value is -1.84. The maximum atomic E-state index is 12.4. The molecule has 0 aromatic heterocycles. The molecule has 1 aliphatic heterocycles. The van der Waals surface area contributed by atoms with Crippen LogP contribution in [-0.4, -0.2) is 29.8 Å². The SMILES string of the molecule is Cc1ccccc1NC(=O)C1CC1C(=O)N1CCC(C)CC1. The number of amides is 2. The zero-order valence-electron chi connectivity index (χ0n) is 13.3. The van der Waals surface area contributed by atoms with Gasteiger partial charge < -0.3 is 10.2 Å². The zero-order valence-corrected chi connectivity index (χ0v) is 13.3. The summed E-state index contributed by atoms with van der Waals surface area (Å²) in [5.41, 5.74) is 1.89. The highest BCUT2D eigenvalue weighted by molar-refractivity contribution is 5.99. The van der Waals surface area contributed by atoms with Gasteiger partial charge >= 0.3 is 0 Å². The molecule has 4 heteroatoms. The minimum Gasteiger partial charge on any atom is -0.342 e. The lowest BCUT2D eigenvalue weighted by Crippen LogP contribution is -2.39. The van der Waals surface area contributed by atoms with E-state index in [1.54, 1.807) is 0 Å². The predicted octanol–water partition coefficient (Wildman–Crippen LogP) is 2.83. The first kappa shape index (κ1) is 15.1. The number of para-hydroxylation sites is 1. The summed E-state index contributed by atoms with van der Waals surface area (Å²) >= 11 is 0. The molecule has 2 aliphatic rings. The van der Waals surface area contributed by atoms with E-state index < -0.39 is 0 Å². The van der Waals surface area contributed by atoms with Crippen molar-refractivity contribution in [3.8, 4) is 0 Å². The Kier molecular flexibility index (Phi) is 4.19. The van der Waals surface area contributed by atoms with E-state index in [-0.39, 0.29) is 23.7 Å². The molecular weight excluding hydrogens is 276 g/mol. The van der Waals surface area contributed by atoms with Gasteiger partial charge in [0.15, 0.2) is 0 Å². The number of aryl methyl sites for hydroxylation is 1. The molecule has 2 fully saturated rings. The molecule has 4 nitrogen and oxygen atoms in total. The van der Waals surface area contributed by atoms with Crippen molar-refractivity contribution in [2.45, 2.75) is 33.1 Å². The summed E-state index contributed by atoms with van der Waals surface area (Å²) in [6.45, 7) is 5.91. The van der Waals surface area contributed by atoms with Crippen molar-refractivity contribution in [3.05, 3.63) is 29.8 Å². The highest BCUT2D eigenvalue weighted by Gasteiger charge is 2.49. The second-order valence-corrected chi connectivity index (χ2v) is 6.76. The third kappa shape index (κ3) is 3.16. The Bertz CT molecular complexity index is 576. The van der Waals surface area contributed by atoms with Gasteiger partial charge in [-0.15, -0.1) is 0 Å². The summed E-state index contributed by atoms with van der Waals surface area (Å²) < 4.78 is 0. The van der Waals surface area contributed by atoms with Gasteiger partial charge in [0.25, 0.3) is 0 Å². The predicted molar refractivity (Wildman–Crippen MR) is 86.4 cm³/mol. The van der Waals surface area contributed by atoms with Gasteiger partial charge in [0.1, 0.15) is 0 Å². The summed E-state index contributed by atoms with van der Waals surface area (Å²) in [5.74, 6) is 0.627. The van der Waals surface area contributed by atoms with E-state index in [4.69, 9.17) is 0 Å². The Labute approximate surface area is 131 Å². The van der Waals surface area contributed by atoms with E-state index in [0.717, 1.165) is 37.2 Å². The quantitative estimate of drug-likeness (QED) is 0.933. The molecule has 2 atom stereocenters. The van der Waals surface area contributed by atoms with Crippen LogP contribution in [0.4, 0.5) is 5.69 Å². The van der Waals surface area contributed by atoms with Crippen LogP contribution in [-0.2, 0) is 9.59 Å². The second-order valence-electron chi connectivity index (χ2n) is 6.76. The molecule has 1 aromatic rings. The highest BCUT2D eigenvalue weighted by atomic mass is 16.2. The van der Waals surface area contributed by atoms with Crippen molar-refractivity contribution in [2.75, 3.05) is 18.4 Å². The number of carbonyl (C=O) groups excluding carboxylic acids is 2. The molecule has 0 bridgehead atoms. The number of rotatable bonds is 3. The Morgan fingerprint density at radius 3 is 2.50 bits per heavy atom. The van der Waals surface area contributed by atoms with E-state index in [1.807, 2.05) is 36.1 Å². The zero-order chi connectivity index (χ0) is 15.7. The van der Waals surface area contributed by atoms with E-state index in [0.29, 0.717) is 12.3 Å². The van der Waals surface area contributed by atoms with Crippen molar-refractivity contribution in [2.24, 2.45) is 17.8 Å². The first-order chi connectivity index (χ1) is 10.6. The molecule has 2 unspecified atom stereocenters. The molecule has 3 rings (SSSR count). The van der Waals surface area contributed by atoms with Crippen LogP contribution in [0.3, 0.4) is 0 Å². The van der Waals surface area contributed by atoms with Crippen LogP contribution in [0.15, 0.2) is 24.3 Å². The topological polar surface area (TPSA) is 49.4 Å². The fraction of sp³-hybridized carbons (Fsp3) is 0.556. The molecule has 1 saturated heterocycles. The fourth-order valence-corrected chi connectivity index (χ4v) is 3.16. The number of nitrogens with one attached hydrogen (secondary N) is 1. The molecule has 0 radical (unpaired) electrons. The van der Waals surface area contributed by atoms with Crippen molar-refractivity contribution >= 4 is 17.5 Å². The standard InChI is InChI=1S/C18H24N2O2/c1-12-7-9-20(10-8-12)18(22)15-11-14(15)17(21)19-16-6-4-3-5-13(16)2/h3-6,12,14-15H,7-11H2,1-2H3,(H,19,21). The number of carbonyl (C=O) groups is 2. The molecule has 1 saturated carbocycles. The van der Waals surface area contributed by atoms with Crippen molar-refractivity contribution in [3.63, 3.8) is 0 Å². The lowest BCUT2D eigenvalue weighted by atomic mass is 9.99. The van der Waals surface area contributed by atoms with E-state index in [2.05, 4.69) is 12.2 Å². The van der Waals surface area contributed by atoms with Gasteiger partial charge in [-0.2, -0.15) is 0 Å². The number of nitrogens with zero attached hydrogens (tertiary/aromatic N) is 1. The third-order valence-corrected chi connectivity index (χ3v) is 4.94. The third-order valence-electron chi connectivity index (χ3n) is 4.94. The first-order valence-corrected chi connectivity index (χ1v) is 8.21. The van der Waals surface area contributed by atoms with Gasteiger partial charge in [-0.3, -0.25) is 9.59 Å². The maximum absolute atomic E-state index is 12.4. The Balaban J connectivity index is 1.54. The molecule has 1 aliphatic carbocycles. The number of benzene rings is 1. The smallest absolute Gasteiger partial charge is 0.228 e. The normalized spacial score (nSPS) is 24.9. The molecule has 1 aromatic carbocycles. The Morgan fingerprint density at radius 2 is 1.82 bits per heavy atom. The van der Waals surface area contributed by atoms with Gasteiger partial charge in [-0.1, -0.05) is 25.1 Å². The molecule has 118 valence electrons. The van der Waals surface area contributed by atoms with Crippen LogP contribution in [0.25, 0.3) is 0 Å². The minimum atomic E-state index is -0.147. The molecule has 2 amide bonds. The summed E-state index contributed by atoms with van der Waals surface area (Å²) in [7, 11) is 0. The van der Waals surface area contributed by atoms with Crippen molar-refractivity contribution < 1.29 is 9.59 Å². The molecule has 0 spiro atoms. The van der Waals surface area contributed by atoms with Crippen molar-refractivity contribution in [1.29, 1.82) is 0 Å².